The number of rotatable bonds is 7. The summed E-state index contributed by atoms with van der Waals surface area (Å²) in [6.07, 6.45) is 1.47. The largest absolute Gasteiger partial charge is 0.464 e. The fourth-order valence-electron chi connectivity index (χ4n) is 4.35. The van der Waals surface area contributed by atoms with E-state index >= 15 is 0 Å². The molecule has 0 spiro atoms. The molecular weight excluding hydrogens is 502 g/mol. The highest BCUT2D eigenvalue weighted by atomic mass is 35.5. The van der Waals surface area contributed by atoms with E-state index in [9.17, 15) is 18.0 Å². The number of hydrogen-bond donors (Lipinski definition) is 0. The van der Waals surface area contributed by atoms with Crippen molar-refractivity contribution in [1.82, 2.24) is 9.88 Å². The van der Waals surface area contributed by atoms with Crippen molar-refractivity contribution in [3.8, 4) is 0 Å². The fraction of sp³-hybridized carbons (Fsp3) is 0.346. The Kier molecular flexibility index (Phi) is 7.80. The highest BCUT2D eigenvalue weighted by Crippen LogP contribution is 2.25. The van der Waals surface area contributed by atoms with Gasteiger partial charge in [-0.3, -0.25) is 9.78 Å². The summed E-state index contributed by atoms with van der Waals surface area (Å²) in [5, 5.41) is 2.15. The van der Waals surface area contributed by atoms with Crippen molar-refractivity contribution in [3.63, 3.8) is 0 Å². The number of amides is 1. The topological polar surface area (TPSA) is 96.9 Å². The minimum Gasteiger partial charge on any atom is -0.464 e. The lowest BCUT2D eigenvalue weighted by Crippen LogP contribution is -2.59. The number of anilines is 1. The van der Waals surface area contributed by atoms with E-state index in [1.54, 1.807) is 43.5 Å². The summed E-state index contributed by atoms with van der Waals surface area (Å²) >= 11 is 6.01. The first-order valence-corrected chi connectivity index (χ1v) is 13.8. The second-order valence-electron chi connectivity index (χ2n) is 8.68. The lowest BCUT2D eigenvalue weighted by Gasteiger charge is -2.41. The van der Waals surface area contributed by atoms with Crippen LogP contribution >= 0.6 is 11.6 Å². The van der Waals surface area contributed by atoms with E-state index in [0.717, 1.165) is 22.2 Å². The second-order valence-corrected chi connectivity index (χ2v) is 11.2. The van der Waals surface area contributed by atoms with Gasteiger partial charge in [0.15, 0.2) is 9.84 Å². The molecule has 1 saturated heterocycles. The predicted octanol–water partition coefficient (Wildman–Crippen LogP) is 3.64. The van der Waals surface area contributed by atoms with Crippen LogP contribution in [0.15, 0.2) is 59.6 Å². The van der Waals surface area contributed by atoms with Crippen LogP contribution in [-0.2, 0) is 24.2 Å². The van der Waals surface area contributed by atoms with Gasteiger partial charge in [0.2, 0.25) is 5.91 Å². The van der Waals surface area contributed by atoms with Gasteiger partial charge < -0.3 is 14.5 Å². The molecule has 8 nitrogen and oxygen atoms in total. The first-order chi connectivity index (χ1) is 17.2. The summed E-state index contributed by atoms with van der Waals surface area (Å²) in [5.41, 5.74) is 1.75. The molecule has 0 bridgehead atoms. The number of carbonyl (C=O) groups excluding carboxylic acids is 2. The molecule has 1 atom stereocenters. The van der Waals surface area contributed by atoms with Gasteiger partial charge in [0.1, 0.15) is 6.04 Å². The third-order valence-corrected chi connectivity index (χ3v) is 8.17. The summed E-state index contributed by atoms with van der Waals surface area (Å²) in [6.45, 7) is 4.82. The maximum atomic E-state index is 13.2. The number of pyridine rings is 1. The van der Waals surface area contributed by atoms with Crippen LogP contribution in [0.1, 0.15) is 19.0 Å². The molecule has 0 aliphatic carbocycles. The van der Waals surface area contributed by atoms with Gasteiger partial charge in [0, 0.05) is 48.7 Å². The lowest BCUT2D eigenvalue weighted by molar-refractivity contribution is -0.155. The van der Waals surface area contributed by atoms with Gasteiger partial charge in [-0.25, -0.2) is 13.2 Å². The van der Waals surface area contributed by atoms with Gasteiger partial charge in [-0.1, -0.05) is 23.7 Å². The molecule has 1 amide bonds. The molecule has 2 aromatic carbocycles. The summed E-state index contributed by atoms with van der Waals surface area (Å²) < 4.78 is 31.3. The molecule has 1 aromatic heterocycles. The van der Waals surface area contributed by atoms with Gasteiger partial charge in [-0.2, -0.15) is 0 Å². The van der Waals surface area contributed by atoms with Gasteiger partial charge in [0.05, 0.1) is 17.3 Å². The normalized spacial score (nSPS) is 16.2. The predicted molar refractivity (Wildman–Crippen MR) is 139 cm³/mol. The number of aromatic nitrogens is 1. The zero-order valence-corrected chi connectivity index (χ0v) is 21.8. The molecule has 2 heterocycles. The number of fused-ring (bicyclic) bond motifs is 1. The number of halogens is 1. The molecule has 0 N–H and O–H groups in total. The van der Waals surface area contributed by atoms with Crippen molar-refractivity contribution in [2.24, 2.45) is 0 Å². The smallest absolute Gasteiger partial charge is 0.330 e. The number of ether oxygens (including phenoxy) is 1. The number of benzene rings is 2. The summed E-state index contributed by atoms with van der Waals surface area (Å²) in [7, 11) is -3.72. The first kappa shape index (κ1) is 25.9. The highest BCUT2D eigenvalue weighted by Gasteiger charge is 2.36. The molecular formula is C26H28ClN3O5S. The Balaban J connectivity index is 1.48. The summed E-state index contributed by atoms with van der Waals surface area (Å²) in [4.78, 5) is 33.7. The number of hydrogen-bond acceptors (Lipinski definition) is 7. The first-order valence-electron chi connectivity index (χ1n) is 11.7. The molecule has 0 radical (unpaired) electrons. The molecule has 1 fully saturated rings. The number of piperazine rings is 1. The van der Waals surface area contributed by atoms with E-state index in [1.807, 2.05) is 24.0 Å². The Hall–Kier alpha value is -3.17. The van der Waals surface area contributed by atoms with Crippen molar-refractivity contribution >= 4 is 49.8 Å². The van der Waals surface area contributed by atoms with Crippen LogP contribution in [0.5, 0.6) is 0 Å². The molecule has 0 saturated carbocycles. The number of nitrogens with zero attached hydrogens (tertiary/aromatic N) is 3. The molecule has 190 valence electrons. The minimum atomic E-state index is -3.72. The van der Waals surface area contributed by atoms with Gasteiger partial charge >= 0.3 is 5.97 Å². The van der Waals surface area contributed by atoms with E-state index < -0.39 is 27.8 Å². The maximum Gasteiger partial charge on any atom is 0.330 e. The van der Waals surface area contributed by atoms with E-state index in [1.165, 1.54) is 11.0 Å². The summed E-state index contributed by atoms with van der Waals surface area (Å²) in [5.74, 6) is -1.25. The van der Waals surface area contributed by atoms with Crippen molar-refractivity contribution in [2.45, 2.75) is 31.2 Å². The molecule has 3 aromatic rings. The van der Waals surface area contributed by atoms with Crippen molar-refractivity contribution in [3.05, 3.63) is 65.4 Å². The van der Waals surface area contributed by atoms with Crippen molar-refractivity contribution < 1.29 is 22.7 Å². The molecule has 4 rings (SSSR count). The average Bonchev–Trinajstić information content (AvgIpc) is 2.86. The Morgan fingerprint density at radius 1 is 1.08 bits per heavy atom. The van der Waals surface area contributed by atoms with Gasteiger partial charge in [-0.05, 0) is 61.0 Å². The number of carbonyl (C=O) groups is 2. The van der Waals surface area contributed by atoms with Crippen molar-refractivity contribution in [1.29, 1.82) is 0 Å². The standard InChI is InChI=1S/C26H28ClN3O5S/c1-3-35-26(32)24-17-29(22-8-10-28-18(2)14-22)11-12-30(24)25(31)9-13-36(33,34)23-7-5-19-15-21(27)6-4-20(19)16-23/h4-8,10,14-16,24H,3,9,11-13,17H2,1-2H3. The number of sulfone groups is 1. The molecule has 1 aliphatic heterocycles. The fourth-order valence-corrected chi connectivity index (χ4v) is 5.80. The van der Waals surface area contributed by atoms with Crippen LogP contribution < -0.4 is 4.90 Å². The van der Waals surface area contributed by atoms with Crippen LogP contribution in [0.3, 0.4) is 0 Å². The molecule has 1 aliphatic rings. The molecule has 36 heavy (non-hydrogen) atoms. The van der Waals surface area contributed by atoms with Crippen LogP contribution in [0.4, 0.5) is 5.69 Å². The zero-order valence-electron chi connectivity index (χ0n) is 20.2. The van der Waals surface area contributed by atoms with Gasteiger partial charge in [0.25, 0.3) is 0 Å². The van der Waals surface area contributed by atoms with Crippen LogP contribution in [-0.4, -0.2) is 68.2 Å². The molecule has 10 heteroatoms. The second kappa shape index (κ2) is 10.8. The lowest BCUT2D eigenvalue weighted by atomic mass is 10.1. The van der Waals surface area contributed by atoms with E-state index in [0.29, 0.717) is 11.6 Å². The van der Waals surface area contributed by atoms with Crippen LogP contribution in [0.25, 0.3) is 10.8 Å². The maximum absolute atomic E-state index is 13.2. The Bertz CT molecular complexity index is 1400. The van der Waals surface area contributed by atoms with Crippen LogP contribution in [0, 0.1) is 6.92 Å². The quantitative estimate of drug-likeness (QED) is 0.431. The van der Waals surface area contributed by atoms with E-state index in [2.05, 4.69) is 4.98 Å². The monoisotopic (exact) mass is 529 g/mol. The SMILES string of the molecule is CCOC(=O)C1CN(c2ccnc(C)c2)CCN1C(=O)CCS(=O)(=O)c1ccc2cc(Cl)ccc2c1. The molecule has 1 unspecified atom stereocenters. The average molecular weight is 530 g/mol. The van der Waals surface area contributed by atoms with E-state index in [-0.39, 0.29) is 36.8 Å². The van der Waals surface area contributed by atoms with E-state index in [4.69, 9.17) is 16.3 Å². The summed E-state index contributed by atoms with van der Waals surface area (Å²) in [6, 6.07) is 13.0. The Labute approximate surface area is 215 Å². The zero-order chi connectivity index (χ0) is 25.9. The van der Waals surface area contributed by atoms with Crippen LogP contribution in [0.2, 0.25) is 5.02 Å². The third-order valence-electron chi connectivity index (χ3n) is 6.22. The third kappa shape index (κ3) is 5.79. The number of aryl methyl sites for hydroxylation is 1. The minimum absolute atomic E-state index is 0.143. The van der Waals surface area contributed by atoms with Gasteiger partial charge in [-0.15, -0.1) is 0 Å². The Morgan fingerprint density at radius 3 is 2.58 bits per heavy atom. The number of esters is 1. The highest BCUT2D eigenvalue weighted by molar-refractivity contribution is 7.91. The van der Waals surface area contributed by atoms with Crippen molar-refractivity contribution in [2.75, 3.05) is 36.9 Å². The Morgan fingerprint density at radius 2 is 1.83 bits per heavy atom.